The van der Waals surface area contributed by atoms with E-state index in [1.165, 1.54) is 36.9 Å². The normalized spacial score (nSPS) is 27.9. The first-order chi connectivity index (χ1) is 9.81. The lowest BCUT2D eigenvalue weighted by Crippen LogP contribution is -2.47. The predicted octanol–water partition coefficient (Wildman–Crippen LogP) is 2.19. The summed E-state index contributed by atoms with van der Waals surface area (Å²) in [5, 5.41) is 0. The molecule has 2 aliphatic rings. The van der Waals surface area contributed by atoms with Gasteiger partial charge in [0.2, 0.25) is 0 Å². The van der Waals surface area contributed by atoms with Crippen molar-refractivity contribution in [3.8, 4) is 0 Å². The molecular formula is C17H26N2O. The van der Waals surface area contributed by atoms with Crippen LogP contribution in [-0.4, -0.2) is 37.7 Å². The van der Waals surface area contributed by atoms with Crippen LogP contribution >= 0.6 is 0 Å². The Kier molecular flexibility index (Phi) is 4.39. The summed E-state index contributed by atoms with van der Waals surface area (Å²) in [5.74, 6) is 0. The molecule has 1 fully saturated rings. The van der Waals surface area contributed by atoms with E-state index in [9.17, 15) is 0 Å². The molecule has 0 amide bonds. The van der Waals surface area contributed by atoms with E-state index in [0.29, 0.717) is 0 Å². The third-order valence-corrected chi connectivity index (χ3v) is 4.83. The first-order valence-electron chi connectivity index (χ1n) is 7.88. The van der Waals surface area contributed by atoms with Gasteiger partial charge in [0.05, 0.1) is 6.61 Å². The molecule has 0 radical (unpaired) electrons. The number of aryl methyl sites for hydroxylation is 1. The fraction of sp³-hybridized carbons (Fsp3) is 0.647. The summed E-state index contributed by atoms with van der Waals surface area (Å²) < 4.78 is 5.71. The van der Waals surface area contributed by atoms with E-state index in [0.717, 1.165) is 39.3 Å². The van der Waals surface area contributed by atoms with Crippen molar-refractivity contribution >= 4 is 0 Å². The van der Waals surface area contributed by atoms with Gasteiger partial charge in [-0.3, -0.25) is 4.90 Å². The van der Waals surface area contributed by atoms with Gasteiger partial charge in [0.15, 0.2) is 0 Å². The Morgan fingerprint density at radius 2 is 2.05 bits per heavy atom. The van der Waals surface area contributed by atoms with Crippen molar-refractivity contribution in [2.75, 3.05) is 32.8 Å². The molecule has 1 unspecified atom stereocenters. The fourth-order valence-electron chi connectivity index (χ4n) is 3.64. The van der Waals surface area contributed by atoms with Gasteiger partial charge in [-0.25, -0.2) is 0 Å². The summed E-state index contributed by atoms with van der Waals surface area (Å²) >= 11 is 0. The van der Waals surface area contributed by atoms with Crippen LogP contribution in [0.25, 0.3) is 0 Å². The lowest BCUT2D eigenvalue weighted by Gasteiger charge is -2.40. The van der Waals surface area contributed by atoms with Crippen molar-refractivity contribution in [2.45, 2.75) is 32.2 Å². The minimum Gasteiger partial charge on any atom is -0.381 e. The SMILES string of the molecule is NCC1(CN2CCCc3ccccc3C2)CCCOC1. The monoisotopic (exact) mass is 274 g/mol. The Morgan fingerprint density at radius 3 is 2.80 bits per heavy atom. The van der Waals surface area contributed by atoms with Crippen LogP contribution in [-0.2, 0) is 17.7 Å². The van der Waals surface area contributed by atoms with Crippen molar-refractivity contribution < 1.29 is 4.74 Å². The maximum Gasteiger partial charge on any atom is 0.0546 e. The molecule has 3 rings (SSSR count). The van der Waals surface area contributed by atoms with Gasteiger partial charge in [0.1, 0.15) is 0 Å². The number of hydrogen-bond donors (Lipinski definition) is 1. The number of benzene rings is 1. The van der Waals surface area contributed by atoms with Crippen LogP contribution < -0.4 is 5.73 Å². The Morgan fingerprint density at radius 1 is 1.20 bits per heavy atom. The number of ether oxygens (including phenoxy) is 1. The van der Waals surface area contributed by atoms with E-state index in [4.69, 9.17) is 10.5 Å². The highest BCUT2D eigenvalue weighted by Crippen LogP contribution is 2.30. The molecule has 1 saturated heterocycles. The van der Waals surface area contributed by atoms with Crippen LogP contribution in [0.1, 0.15) is 30.4 Å². The highest BCUT2D eigenvalue weighted by Gasteiger charge is 2.33. The number of rotatable bonds is 3. The van der Waals surface area contributed by atoms with Crippen LogP contribution in [0.15, 0.2) is 24.3 Å². The third-order valence-electron chi connectivity index (χ3n) is 4.83. The van der Waals surface area contributed by atoms with Crippen LogP contribution in [0.2, 0.25) is 0 Å². The van der Waals surface area contributed by atoms with E-state index >= 15 is 0 Å². The van der Waals surface area contributed by atoms with E-state index < -0.39 is 0 Å². The Labute approximate surface area is 122 Å². The van der Waals surface area contributed by atoms with E-state index in [1.54, 1.807) is 0 Å². The quantitative estimate of drug-likeness (QED) is 0.918. The number of nitrogens with zero attached hydrogens (tertiary/aromatic N) is 1. The van der Waals surface area contributed by atoms with Crippen LogP contribution in [0.5, 0.6) is 0 Å². The van der Waals surface area contributed by atoms with Crippen molar-refractivity contribution in [3.63, 3.8) is 0 Å². The summed E-state index contributed by atoms with van der Waals surface area (Å²) in [4.78, 5) is 2.59. The molecule has 2 N–H and O–H groups in total. The van der Waals surface area contributed by atoms with Gasteiger partial charge < -0.3 is 10.5 Å². The van der Waals surface area contributed by atoms with Gasteiger partial charge in [0, 0.05) is 31.7 Å². The van der Waals surface area contributed by atoms with E-state index in [-0.39, 0.29) is 5.41 Å². The molecular weight excluding hydrogens is 248 g/mol. The molecule has 0 aromatic heterocycles. The molecule has 2 heterocycles. The van der Waals surface area contributed by atoms with Crippen molar-refractivity contribution in [2.24, 2.45) is 11.1 Å². The lowest BCUT2D eigenvalue weighted by atomic mass is 9.82. The summed E-state index contributed by atoms with van der Waals surface area (Å²) in [6.07, 6.45) is 4.82. The minimum atomic E-state index is 0.178. The lowest BCUT2D eigenvalue weighted by molar-refractivity contribution is -0.0229. The topological polar surface area (TPSA) is 38.5 Å². The van der Waals surface area contributed by atoms with Crippen LogP contribution in [0.4, 0.5) is 0 Å². The summed E-state index contributed by atoms with van der Waals surface area (Å²) in [7, 11) is 0. The van der Waals surface area contributed by atoms with E-state index in [1.807, 2.05) is 0 Å². The zero-order chi connectivity index (χ0) is 13.8. The molecule has 3 heteroatoms. The average molecular weight is 274 g/mol. The van der Waals surface area contributed by atoms with Crippen LogP contribution in [0, 0.1) is 5.41 Å². The standard InChI is InChI=1S/C17H26N2O/c18-12-17(8-4-10-20-14-17)13-19-9-3-7-15-5-1-2-6-16(15)11-19/h1-2,5-6H,3-4,7-14,18H2. The van der Waals surface area contributed by atoms with Gasteiger partial charge in [-0.2, -0.15) is 0 Å². The maximum atomic E-state index is 6.08. The van der Waals surface area contributed by atoms with E-state index in [2.05, 4.69) is 29.2 Å². The number of hydrogen-bond acceptors (Lipinski definition) is 3. The molecule has 0 bridgehead atoms. The third kappa shape index (κ3) is 3.05. The molecule has 20 heavy (non-hydrogen) atoms. The number of nitrogens with two attached hydrogens (primary N) is 1. The highest BCUT2D eigenvalue weighted by molar-refractivity contribution is 5.28. The minimum absolute atomic E-state index is 0.178. The summed E-state index contributed by atoms with van der Waals surface area (Å²) in [6.45, 7) is 5.81. The molecule has 1 aromatic carbocycles. The molecule has 110 valence electrons. The second-order valence-electron chi connectivity index (χ2n) is 6.44. The fourth-order valence-corrected chi connectivity index (χ4v) is 3.64. The van der Waals surface area contributed by atoms with Crippen LogP contribution in [0.3, 0.4) is 0 Å². The number of fused-ring (bicyclic) bond motifs is 1. The second-order valence-corrected chi connectivity index (χ2v) is 6.44. The van der Waals surface area contributed by atoms with Gasteiger partial charge >= 0.3 is 0 Å². The molecule has 0 aliphatic carbocycles. The summed E-state index contributed by atoms with van der Waals surface area (Å²) in [5.41, 5.74) is 9.28. The largest absolute Gasteiger partial charge is 0.381 e. The first-order valence-corrected chi connectivity index (χ1v) is 7.88. The Balaban J connectivity index is 1.71. The molecule has 3 nitrogen and oxygen atoms in total. The van der Waals surface area contributed by atoms with Gasteiger partial charge in [0.25, 0.3) is 0 Å². The molecule has 0 spiro atoms. The van der Waals surface area contributed by atoms with Gasteiger partial charge in [-0.15, -0.1) is 0 Å². The zero-order valence-electron chi connectivity index (χ0n) is 12.3. The second kappa shape index (κ2) is 6.25. The molecule has 1 aromatic rings. The Bertz CT molecular complexity index is 440. The molecule has 0 saturated carbocycles. The molecule has 2 aliphatic heterocycles. The Hall–Kier alpha value is -0.900. The van der Waals surface area contributed by atoms with Crippen molar-refractivity contribution in [3.05, 3.63) is 35.4 Å². The van der Waals surface area contributed by atoms with Crippen molar-refractivity contribution in [1.29, 1.82) is 0 Å². The maximum absolute atomic E-state index is 6.08. The van der Waals surface area contributed by atoms with Gasteiger partial charge in [-0.1, -0.05) is 24.3 Å². The molecule has 1 atom stereocenters. The summed E-state index contributed by atoms with van der Waals surface area (Å²) in [6, 6.07) is 8.87. The average Bonchev–Trinajstić information content (AvgIpc) is 2.69. The van der Waals surface area contributed by atoms with Gasteiger partial charge in [-0.05, 0) is 43.4 Å². The zero-order valence-corrected chi connectivity index (χ0v) is 12.3. The van der Waals surface area contributed by atoms with Crippen molar-refractivity contribution in [1.82, 2.24) is 4.90 Å². The first kappa shape index (κ1) is 14.1. The smallest absolute Gasteiger partial charge is 0.0546 e. The highest BCUT2D eigenvalue weighted by atomic mass is 16.5. The predicted molar refractivity (Wildman–Crippen MR) is 81.6 cm³/mol.